The molecule has 0 fully saturated rings. The van der Waals surface area contributed by atoms with Gasteiger partial charge >= 0.3 is 0 Å². The normalized spacial score (nSPS) is 9.74. The molecule has 0 amide bonds. The molecule has 0 unspecified atom stereocenters. The molecule has 0 radical (unpaired) electrons. The van der Waals surface area contributed by atoms with Crippen LogP contribution in [0.1, 0.15) is 10.4 Å². The zero-order valence-electron chi connectivity index (χ0n) is 10.8. The van der Waals surface area contributed by atoms with Crippen LogP contribution in [0.25, 0.3) is 0 Å². The van der Waals surface area contributed by atoms with Gasteiger partial charge in [0.2, 0.25) is 0 Å². The van der Waals surface area contributed by atoms with Gasteiger partial charge in [0.1, 0.15) is 17.6 Å². The van der Waals surface area contributed by atoms with E-state index in [1.54, 1.807) is 25.6 Å². The van der Waals surface area contributed by atoms with Crippen LogP contribution >= 0.6 is 11.3 Å². The van der Waals surface area contributed by atoms with E-state index in [-0.39, 0.29) is 0 Å². The van der Waals surface area contributed by atoms with Crippen molar-refractivity contribution in [2.75, 3.05) is 19.5 Å². The van der Waals surface area contributed by atoms with Crippen molar-refractivity contribution in [3.05, 3.63) is 40.1 Å². The van der Waals surface area contributed by atoms with Crippen LogP contribution in [0.15, 0.2) is 29.6 Å². The molecule has 1 N–H and O–H groups in total. The van der Waals surface area contributed by atoms with Gasteiger partial charge in [-0.25, -0.2) is 0 Å². The molecule has 1 aromatic heterocycles. The number of hydrogen-bond acceptors (Lipinski definition) is 5. The number of nitrogens with zero attached hydrogens (tertiary/aromatic N) is 1. The topological polar surface area (TPSA) is 54.3 Å². The molecule has 0 saturated carbocycles. The van der Waals surface area contributed by atoms with Crippen molar-refractivity contribution in [2.45, 2.75) is 6.54 Å². The fourth-order valence-electron chi connectivity index (χ4n) is 1.63. The maximum atomic E-state index is 8.78. The Balaban J connectivity index is 2.08. The molecule has 0 spiro atoms. The van der Waals surface area contributed by atoms with Gasteiger partial charge in [-0.1, -0.05) is 0 Å². The zero-order chi connectivity index (χ0) is 13.7. The predicted octanol–water partition coefficient (Wildman–Crippen LogP) is 3.25. The molecular formula is C14H14N2O2S. The number of rotatable bonds is 5. The molecule has 0 aliphatic carbocycles. The lowest BCUT2D eigenvalue weighted by Crippen LogP contribution is -1.98. The Bertz CT molecular complexity index is 579. The molecule has 1 aromatic carbocycles. The van der Waals surface area contributed by atoms with E-state index in [4.69, 9.17) is 14.7 Å². The second-order valence-electron chi connectivity index (χ2n) is 3.87. The molecule has 0 bridgehead atoms. The highest BCUT2D eigenvalue weighted by molar-refractivity contribution is 7.10. The number of nitrogens with one attached hydrogen (secondary N) is 1. The van der Waals surface area contributed by atoms with E-state index < -0.39 is 0 Å². The molecule has 4 nitrogen and oxygen atoms in total. The quantitative estimate of drug-likeness (QED) is 0.909. The minimum atomic E-state index is 0.669. The summed E-state index contributed by atoms with van der Waals surface area (Å²) in [6.45, 7) is 0.669. The first-order chi connectivity index (χ1) is 9.25. The monoisotopic (exact) mass is 274 g/mol. The number of anilines is 1. The van der Waals surface area contributed by atoms with Crippen LogP contribution in [0, 0.1) is 11.3 Å². The Labute approximate surface area is 116 Å². The fraction of sp³-hybridized carbons (Fsp3) is 0.214. The van der Waals surface area contributed by atoms with Crippen LogP contribution in [0.3, 0.4) is 0 Å². The van der Waals surface area contributed by atoms with E-state index in [2.05, 4.69) is 11.4 Å². The predicted molar refractivity (Wildman–Crippen MR) is 75.9 cm³/mol. The van der Waals surface area contributed by atoms with Crippen LogP contribution in [0.2, 0.25) is 0 Å². The lowest BCUT2D eigenvalue weighted by molar-refractivity contribution is 0.394. The van der Waals surface area contributed by atoms with Crippen LogP contribution in [-0.4, -0.2) is 14.2 Å². The molecule has 98 valence electrons. The molecule has 0 aliphatic rings. The standard InChI is InChI=1S/C14H14N2O2S/c1-17-12-4-11(5-13(6-12)18-2)16-8-14-3-10(7-15)9-19-14/h3-6,9,16H,8H2,1-2H3. The maximum absolute atomic E-state index is 8.78. The van der Waals surface area contributed by atoms with Crippen molar-refractivity contribution in [2.24, 2.45) is 0 Å². The van der Waals surface area contributed by atoms with E-state index in [0.29, 0.717) is 12.1 Å². The second kappa shape index (κ2) is 6.12. The van der Waals surface area contributed by atoms with E-state index in [1.807, 2.05) is 29.6 Å². The van der Waals surface area contributed by atoms with Gasteiger partial charge in [0, 0.05) is 40.7 Å². The summed E-state index contributed by atoms with van der Waals surface area (Å²) < 4.78 is 10.4. The van der Waals surface area contributed by atoms with Crippen molar-refractivity contribution < 1.29 is 9.47 Å². The Hall–Kier alpha value is -2.19. The summed E-state index contributed by atoms with van der Waals surface area (Å²) in [7, 11) is 3.24. The Morgan fingerprint density at radius 1 is 1.16 bits per heavy atom. The average molecular weight is 274 g/mol. The summed E-state index contributed by atoms with van der Waals surface area (Å²) in [5.74, 6) is 1.48. The van der Waals surface area contributed by atoms with Gasteiger partial charge < -0.3 is 14.8 Å². The summed E-state index contributed by atoms with van der Waals surface area (Å²) >= 11 is 1.57. The first kappa shape index (κ1) is 13.2. The maximum Gasteiger partial charge on any atom is 0.124 e. The van der Waals surface area contributed by atoms with Crippen molar-refractivity contribution in [3.8, 4) is 17.6 Å². The van der Waals surface area contributed by atoms with Gasteiger partial charge in [0.05, 0.1) is 19.8 Å². The average Bonchev–Trinajstić information content (AvgIpc) is 2.92. The Kier molecular flexibility index (Phi) is 4.26. The molecule has 0 atom stereocenters. The third-order valence-electron chi connectivity index (χ3n) is 2.60. The van der Waals surface area contributed by atoms with Crippen LogP contribution in [-0.2, 0) is 6.54 Å². The molecule has 0 saturated heterocycles. The summed E-state index contributed by atoms with van der Waals surface area (Å²) in [4.78, 5) is 1.11. The molecule has 2 rings (SSSR count). The van der Waals surface area contributed by atoms with Crippen molar-refractivity contribution >= 4 is 17.0 Å². The van der Waals surface area contributed by atoms with E-state index in [1.165, 1.54) is 0 Å². The van der Waals surface area contributed by atoms with Gasteiger partial charge in [0.25, 0.3) is 0 Å². The minimum absolute atomic E-state index is 0.669. The molecule has 19 heavy (non-hydrogen) atoms. The number of methoxy groups -OCH3 is 2. The van der Waals surface area contributed by atoms with E-state index in [0.717, 1.165) is 22.1 Å². The van der Waals surface area contributed by atoms with E-state index >= 15 is 0 Å². The lowest BCUT2D eigenvalue weighted by Gasteiger charge is -2.09. The minimum Gasteiger partial charge on any atom is -0.497 e. The largest absolute Gasteiger partial charge is 0.497 e. The molecular weight excluding hydrogens is 260 g/mol. The third-order valence-corrected chi connectivity index (χ3v) is 3.54. The highest BCUT2D eigenvalue weighted by Gasteiger charge is 2.03. The highest BCUT2D eigenvalue weighted by atomic mass is 32.1. The van der Waals surface area contributed by atoms with Gasteiger partial charge in [-0.2, -0.15) is 5.26 Å². The van der Waals surface area contributed by atoms with Gasteiger partial charge in [-0.05, 0) is 6.07 Å². The molecule has 1 heterocycles. The van der Waals surface area contributed by atoms with Crippen molar-refractivity contribution in [1.82, 2.24) is 0 Å². The number of benzene rings is 1. The zero-order valence-corrected chi connectivity index (χ0v) is 11.6. The Morgan fingerprint density at radius 3 is 2.37 bits per heavy atom. The first-order valence-corrected chi connectivity index (χ1v) is 6.57. The van der Waals surface area contributed by atoms with Crippen LogP contribution in [0.5, 0.6) is 11.5 Å². The van der Waals surface area contributed by atoms with Crippen LogP contribution < -0.4 is 14.8 Å². The number of thiophene rings is 1. The molecule has 2 aromatic rings. The third kappa shape index (κ3) is 3.39. The second-order valence-corrected chi connectivity index (χ2v) is 4.86. The van der Waals surface area contributed by atoms with Crippen molar-refractivity contribution in [1.29, 1.82) is 5.26 Å². The first-order valence-electron chi connectivity index (χ1n) is 5.69. The van der Waals surface area contributed by atoms with Crippen LogP contribution in [0.4, 0.5) is 5.69 Å². The fourth-order valence-corrected chi connectivity index (χ4v) is 2.38. The van der Waals surface area contributed by atoms with Gasteiger partial charge in [-0.3, -0.25) is 0 Å². The van der Waals surface area contributed by atoms with Gasteiger partial charge in [-0.15, -0.1) is 11.3 Å². The summed E-state index contributed by atoms with van der Waals surface area (Å²) in [5.41, 5.74) is 1.62. The molecule has 0 aliphatic heterocycles. The SMILES string of the molecule is COc1cc(NCc2cc(C#N)cs2)cc(OC)c1. The smallest absolute Gasteiger partial charge is 0.124 e. The lowest BCUT2D eigenvalue weighted by atomic mass is 10.2. The Morgan fingerprint density at radius 2 is 1.84 bits per heavy atom. The van der Waals surface area contributed by atoms with Gasteiger partial charge in [0.15, 0.2) is 0 Å². The summed E-state index contributed by atoms with van der Waals surface area (Å²) in [6, 6.07) is 9.64. The molecule has 5 heteroatoms. The summed E-state index contributed by atoms with van der Waals surface area (Å²) in [5, 5.41) is 13.9. The highest BCUT2D eigenvalue weighted by Crippen LogP contribution is 2.26. The number of hydrogen-bond donors (Lipinski definition) is 1. The van der Waals surface area contributed by atoms with E-state index in [9.17, 15) is 0 Å². The number of nitriles is 1. The summed E-state index contributed by atoms with van der Waals surface area (Å²) in [6.07, 6.45) is 0. The number of ether oxygens (including phenoxy) is 2. The van der Waals surface area contributed by atoms with Crippen molar-refractivity contribution in [3.63, 3.8) is 0 Å².